The first-order chi connectivity index (χ1) is 7.13. The molecule has 1 aliphatic heterocycles. The van der Waals surface area contributed by atoms with Crippen LogP contribution in [0.1, 0.15) is 25.3 Å². The topological polar surface area (TPSA) is 20.3 Å². The normalized spacial score (nSPS) is 19.5. The summed E-state index contributed by atoms with van der Waals surface area (Å²) in [6, 6.07) is 6.19. The molecular weight excluding hydrogens is 210 g/mol. The van der Waals surface area contributed by atoms with E-state index in [0.29, 0.717) is 11.1 Å². The molecule has 15 heavy (non-hydrogen) atoms. The molecule has 0 spiro atoms. The molecule has 0 radical (unpaired) electrons. The summed E-state index contributed by atoms with van der Waals surface area (Å²) < 4.78 is 0. The molecule has 0 fully saturated rings. The fourth-order valence-electron chi connectivity index (χ4n) is 2.10. The first kappa shape index (κ1) is 10.5. The van der Waals surface area contributed by atoms with Crippen LogP contribution in [0.2, 0.25) is 5.02 Å². The van der Waals surface area contributed by atoms with Gasteiger partial charge in [0.25, 0.3) is 0 Å². The first-order valence-electron chi connectivity index (χ1n) is 5.15. The Morgan fingerprint density at radius 3 is 2.87 bits per heavy atom. The number of carbonyl (C=O) groups is 1. The third-order valence-electron chi connectivity index (χ3n) is 2.88. The fourth-order valence-corrected chi connectivity index (χ4v) is 2.28. The van der Waals surface area contributed by atoms with Crippen molar-refractivity contribution < 1.29 is 4.79 Å². The molecule has 0 saturated heterocycles. The minimum Gasteiger partial charge on any atom is -0.368 e. The molecule has 2 rings (SSSR count). The van der Waals surface area contributed by atoms with Crippen LogP contribution in [0.15, 0.2) is 18.2 Å². The number of hydrogen-bond donors (Lipinski definition) is 0. The molecule has 2 nitrogen and oxygen atoms in total. The van der Waals surface area contributed by atoms with Gasteiger partial charge in [0.05, 0.1) is 5.92 Å². The highest BCUT2D eigenvalue weighted by Crippen LogP contribution is 2.37. The van der Waals surface area contributed by atoms with Crippen LogP contribution in [0.5, 0.6) is 0 Å². The van der Waals surface area contributed by atoms with E-state index in [-0.39, 0.29) is 5.92 Å². The summed E-state index contributed by atoms with van der Waals surface area (Å²) in [6.45, 7) is 5.04. The quantitative estimate of drug-likeness (QED) is 0.719. The second-order valence-electron chi connectivity index (χ2n) is 4.19. The van der Waals surface area contributed by atoms with Crippen LogP contribution < -0.4 is 4.90 Å². The third-order valence-corrected chi connectivity index (χ3v) is 3.11. The van der Waals surface area contributed by atoms with Gasteiger partial charge in [-0.1, -0.05) is 11.6 Å². The maximum absolute atomic E-state index is 11.0. The average Bonchev–Trinajstić information content (AvgIpc) is 2.55. The number of benzene rings is 1. The van der Waals surface area contributed by atoms with Gasteiger partial charge in [-0.25, -0.2) is 0 Å². The number of nitrogens with zero attached hydrogens (tertiary/aromatic N) is 1. The summed E-state index contributed by atoms with van der Waals surface area (Å²) in [6.07, 6.45) is 1.01. The maximum atomic E-state index is 11.0. The van der Waals surface area contributed by atoms with E-state index in [9.17, 15) is 4.79 Å². The molecule has 1 atom stereocenters. The highest BCUT2D eigenvalue weighted by atomic mass is 35.5. The number of fused-ring (bicyclic) bond motifs is 1. The minimum absolute atomic E-state index is 0.0268. The van der Waals surface area contributed by atoms with E-state index in [1.165, 1.54) is 0 Å². The summed E-state index contributed by atoms with van der Waals surface area (Å²) in [4.78, 5) is 13.2. The Kier molecular flexibility index (Phi) is 2.70. The lowest BCUT2D eigenvalue weighted by Gasteiger charge is -2.24. The second-order valence-corrected chi connectivity index (χ2v) is 4.63. The predicted octanol–water partition coefficient (Wildman–Crippen LogP) is 2.85. The van der Waals surface area contributed by atoms with E-state index in [1.54, 1.807) is 0 Å². The van der Waals surface area contributed by atoms with Crippen LogP contribution in [0.4, 0.5) is 5.69 Å². The van der Waals surface area contributed by atoms with E-state index in [1.807, 2.05) is 18.2 Å². The molecule has 1 aromatic rings. The standard InChI is InChI=1S/C12H14ClNO/c1-8(2)14-6-9(7-15)11-5-10(13)3-4-12(11)14/h3-5,7-9H,6H2,1-2H3. The summed E-state index contributed by atoms with van der Waals surface area (Å²) in [5.74, 6) is -0.0268. The Morgan fingerprint density at radius 1 is 1.53 bits per heavy atom. The number of aldehydes is 1. The van der Waals surface area contributed by atoms with E-state index in [2.05, 4.69) is 18.7 Å². The number of carbonyl (C=O) groups excluding carboxylic acids is 1. The van der Waals surface area contributed by atoms with Crippen molar-refractivity contribution >= 4 is 23.6 Å². The smallest absolute Gasteiger partial charge is 0.129 e. The predicted molar refractivity (Wildman–Crippen MR) is 62.7 cm³/mol. The van der Waals surface area contributed by atoms with Gasteiger partial charge in [-0.05, 0) is 37.6 Å². The van der Waals surface area contributed by atoms with E-state index >= 15 is 0 Å². The molecule has 0 saturated carbocycles. The first-order valence-corrected chi connectivity index (χ1v) is 5.52. The zero-order valence-corrected chi connectivity index (χ0v) is 9.66. The van der Waals surface area contributed by atoms with Gasteiger partial charge in [0, 0.05) is 23.3 Å². The molecule has 3 heteroatoms. The zero-order chi connectivity index (χ0) is 11.0. The number of anilines is 1. The van der Waals surface area contributed by atoms with Crippen molar-refractivity contribution in [2.24, 2.45) is 0 Å². The van der Waals surface area contributed by atoms with Gasteiger partial charge < -0.3 is 9.69 Å². The Hall–Kier alpha value is -1.02. The summed E-state index contributed by atoms with van der Waals surface area (Å²) in [5, 5.41) is 0.700. The lowest BCUT2D eigenvalue weighted by molar-refractivity contribution is -0.108. The molecule has 1 unspecified atom stereocenters. The van der Waals surface area contributed by atoms with Crippen molar-refractivity contribution in [2.45, 2.75) is 25.8 Å². The molecule has 0 aromatic heterocycles. The Morgan fingerprint density at radius 2 is 2.27 bits per heavy atom. The molecule has 0 bridgehead atoms. The van der Waals surface area contributed by atoms with Gasteiger partial charge in [0.2, 0.25) is 0 Å². The van der Waals surface area contributed by atoms with Crippen LogP contribution >= 0.6 is 11.6 Å². The van der Waals surface area contributed by atoms with Gasteiger partial charge >= 0.3 is 0 Å². The van der Waals surface area contributed by atoms with Crippen LogP contribution in [-0.4, -0.2) is 18.9 Å². The van der Waals surface area contributed by atoms with Crippen LogP contribution in [0, 0.1) is 0 Å². The fraction of sp³-hybridized carbons (Fsp3) is 0.417. The van der Waals surface area contributed by atoms with Crippen LogP contribution in [0.25, 0.3) is 0 Å². The molecule has 0 N–H and O–H groups in total. The SMILES string of the molecule is CC(C)N1CC(C=O)c2cc(Cl)ccc21. The van der Waals surface area contributed by atoms with E-state index < -0.39 is 0 Å². The second kappa shape index (κ2) is 3.86. The van der Waals surface area contributed by atoms with Gasteiger partial charge in [-0.15, -0.1) is 0 Å². The number of hydrogen-bond acceptors (Lipinski definition) is 2. The monoisotopic (exact) mass is 223 g/mol. The Bertz CT molecular complexity index is 389. The average molecular weight is 224 g/mol. The molecular formula is C12H14ClNO. The Balaban J connectivity index is 2.47. The van der Waals surface area contributed by atoms with Gasteiger partial charge in [-0.2, -0.15) is 0 Å². The van der Waals surface area contributed by atoms with Crippen molar-refractivity contribution in [1.29, 1.82) is 0 Å². The molecule has 80 valence electrons. The number of halogens is 1. The molecule has 1 aliphatic rings. The van der Waals surface area contributed by atoms with Crippen molar-refractivity contribution in [3.05, 3.63) is 28.8 Å². The van der Waals surface area contributed by atoms with Crippen molar-refractivity contribution in [3.63, 3.8) is 0 Å². The van der Waals surface area contributed by atoms with E-state index in [0.717, 1.165) is 24.1 Å². The van der Waals surface area contributed by atoms with Crippen molar-refractivity contribution in [2.75, 3.05) is 11.4 Å². The molecule has 1 heterocycles. The van der Waals surface area contributed by atoms with Crippen LogP contribution in [-0.2, 0) is 4.79 Å². The summed E-state index contributed by atoms with van der Waals surface area (Å²) in [7, 11) is 0. The third kappa shape index (κ3) is 1.74. The Labute approximate surface area is 94.8 Å². The highest BCUT2D eigenvalue weighted by molar-refractivity contribution is 6.30. The highest BCUT2D eigenvalue weighted by Gasteiger charge is 2.29. The lowest BCUT2D eigenvalue weighted by Crippen LogP contribution is -2.29. The minimum atomic E-state index is -0.0268. The molecule has 0 amide bonds. The van der Waals surface area contributed by atoms with E-state index in [4.69, 9.17) is 11.6 Å². The summed E-state index contributed by atoms with van der Waals surface area (Å²) in [5.41, 5.74) is 2.21. The molecule has 1 aromatic carbocycles. The summed E-state index contributed by atoms with van der Waals surface area (Å²) >= 11 is 5.94. The van der Waals surface area contributed by atoms with Crippen molar-refractivity contribution in [1.82, 2.24) is 0 Å². The van der Waals surface area contributed by atoms with Crippen LogP contribution in [0.3, 0.4) is 0 Å². The van der Waals surface area contributed by atoms with Gasteiger partial charge in [0.1, 0.15) is 6.29 Å². The largest absolute Gasteiger partial charge is 0.368 e. The lowest BCUT2D eigenvalue weighted by atomic mass is 10.0. The zero-order valence-electron chi connectivity index (χ0n) is 8.90. The molecule has 0 aliphatic carbocycles. The number of rotatable bonds is 2. The van der Waals surface area contributed by atoms with Gasteiger partial charge in [-0.3, -0.25) is 0 Å². The van der Waals surface area contributed by atoms with Gasteiger partial charge in [0.15, 0.2) is 0 Å². The maximum Gasteiger partial charge on any atom is 0.129 e. The van der Waals surface area contributed by atoms with Crippen molar-refractivity contribution in [3.8, 4) is 0 Å².